The summed E-state index contributed by atoms with van der Waals surface area (Å²) in [6.45, 7) is -0.457. The number of anilines is 2. The molecule has 0 bridgehead atoms. The molecule has 172 valence electrons. The molecule has 1 aliphatic heterocycles. The summed E-state index contributed by atoms with van der Waals surface area (Å²) in [5.74, 6) is -1.07. The molecule has 2 aliphatic rings. The quantitative estimate of drug-likeness (QED) is 0.569. The average molecular weight is 446 g/mol. The van der Waals surface area contributed by atoms with Crippen LogP contribution in [0, 0.1) is 0 Å². The fourth-order valence-corrected chi connectivity index (χ4v) is 3.82. The number of carbonyl (C=O) groups excluding carboxylic acids is 2. The number of carbonyl (C=O) groups is 2. The molecule has 31 heavy (non-hydrogen) atoms. The van der Waals surface area contributed by atoms with Crippen LogP contribution >= 0.6 is 0 Å². The van der Waals surface area contributed by atoms with Crippen molar-refractivity contribution >= 4 is 23.2 Å². The number of ether oxygens (including phenoxy) is 1. The molecule has 0 aromatic heterocycles. The van der Waals surface area contributed by atoms with Crippen LogP contribution in [-0.2, 0) is 14.3 Å². The zero-order chi connectivity index (χ0) is 22.5. The lowest BCUT2D eigenvalue weighted by atomic mass is 9.90. The van der Waals surface area contributed by atoms with Gasteiger partial charge >= 0.3 is 0 Å². The number of hydrogen-bond acceptors (Lipinski definition) is 5. The van der Waals surface area contributed by atoms with Gasteiger partial charge in [-0.1, -0.05) is 6.42 Å². The molecule has 2 amide bonds. The number of amides is 2. The normalized spacial score (nSPS) is 18.6. The van der Waals surface area contributed by atoms with E-state index in [-0.39, 0.29) is 49.6 Å². The van der Waals surface area contributed by atoms with Crippen LogP contribution in [0.5, 0.6) is 0 Å². The molecule has 1 saturated carbocycles. The van der Waals surface area contributed by atoms with Gasteiger partial charge in [0, 0.05) is 36.1 Å². The topological polar surface area (TPSA) is 87.9 Å². The van der Waals surface area contributed by atoms with Gasteiger partial charge in [0.05, 0.1) is 13.2 Å². The SMILES string of the molecule is NC[C@@H](C(=O)Nc1ccc(N2CCOCC2=O)cc1C(F)F)N(CC(F)F)C1CCC1. The molecule has 11 heteroatoms. The van der Waals surface area contributed by atoms with E-state index in [4.69, 9.17) is 10.5 Å². The number of halogens is 4. The van der Waals surface area contributed by atoms with Crippen LogP contribution in [0.2, 0.25) is 0 Å². The largest absolute Gasteiger partial charge is 0.370 e. The van der Waals surface area contributed by atoms with E-state index in [1.807, 2.05) is 0 Å². The van der Waals surface area contributed by atoms with Gasteiger partial charge in [-0.3, -0.25) is 14.5 Å². The Kier molecular flexibility index (Phi) is 7.84. The lowest BCUT2D eigenvalue weighted by Crippen LogP contribution is -2.56. The molecule has 0 unspecified atom stereocenters. The highest BCUT2D eigenvalue weighted by molar-refractivity contribution is 5.97. The fourth-order valence-electron chi connectivity index (χ4n) is 3.82. The Labute approximate surface area is 177 Å². The third-order valence-corrected chi connectivity index (χ3v) is 5.64. The molecule has 3 N–H and O–H groups in total. The summed E-state index contributed by atoms with van der Waals surface area (Å²) < 4.78 is 58.6. The van der Waals surface area contributed by atoms with Gasteiger partial charge in [-0.15, -0.1) is 0 Å². The summed E-state index contributed by atoms with van der Waals surface area (Å²) in [6, 6.07) is 2.63. The molecule has 1 heterocycles. The molecule has 1 saturated heterocycles. The van der Waals surface area contributed by atoms with Crippen LogP contribution < -0.4 is 16.0 Å². The number of morpholine rings is 1. The van der Waals surface area contributed by atoms with E-state index in [2.05, 4.69) is 5.32 Å². The number of nitrogens with zero attached hydrogens (tertiary/aromatic N) is 2. The van der Waals surface area contributed by atoms with E-state index in [0.29, 0.717) is 12.8 Å². The third-order valence-electron chi connectivity index (χ3n) is 5.64. The van der Waals surface area contributed by atoms with Crippen molar-refractivity contribution < 1.29 is 31.9 Å². The Balaban J connectivity index is 1.80. The van der Waals surface area contributed by atoms with Gasteiger partial charge in [-0.2, -0.15) is 0 Å². The zero-order valence-corrected chi connectivity index (χ0v) is 16.9. The maximum Gasteiger partial charge on any atom is 0.265 e. The van der Waals surface area contributed by atoms with E-state index >= 15 is 0 Å². The Bertz CT molecular complexity index is 792. The monoisotopic (exact) mass is 446 g/mol. The second-order valence-corrected chi connectivity index (χ2v) is 7.58. The first-order chi connectivity index (χ1) is 14.8. The molecule has 0 spiro atoms. The third kappa shape index (κ3) is 5.52. The second kappa shape index (κ2) is 10.4. The van der Waals surface area contributed by atoms with Crippen molar-refractivity contribution in [3.8, 4) is 0 Å². The lowest BCUT2D eigenvalue weighted by Gasteiger charge is -2.41. The maximum absolute atomic E-state index is 13.7. The first-order valence-electron chi connectivity index (χ1n) is 10.2. The highest BCUT2D eigenvalue weighted by atomic mass is 19.3. The van der Waals surface area contributed by atoms with Gasteiger partial charge < -0.3 is 20.7 Å². The van der Waals surface area contributed by atoms with E-state index in [0.717, 1.165) is 12.5 Å². The van der Waals surface area contributed by atoms with Crippen molar-refractivity contribution in [3.05, 3.63) is 23.8 Å². The van der Waals surface area contributed by atoms with E-state index < -0.39 is 36.9 Å². The molecule has 7 nitrogen and oxygen atoms in total. The second-order valence-electron chi connectivity index (χ2n) is 7.58. The van der Waals surface area contributed by atoms with Gasteiger partial charge in [-0.05, 0) is 31.0 Å². The summed E-state index contributed by atoms with van der Waals surface area (Å²) in [5, 5.41) is 2.43. The van der Waals surface area contributed by atoms with E-state index in [9.17, 15) is 27.2 Å². The minimum atomic E-state index is -2.92. The first-order valence-corrected chi connectivity index (χ1v) is 10.2. The van der Waals surface area contributed by atoms with Crippen molar-refractivity contribution in [2.45, 2.75) is 44.2 Å². The fraction of sp³-hybridized carbons (Fsp3) is 0.600. The van der Waals surface area contributed by atoms with Crippen molar-refractivity contribution in [1.82, 2.24) is 4.90 Å². The van der Waals surface area contributed by atoms with Crippen molar-refractivity contribution in [3.63, 3.8) is 0 Å². The number of nitrogens with two attached hydrogens (primary N) is 1. The van der Waals surface area contributed by atoms with Gasteiger partial charge in [-0.25, -0.2) is 17.6 Å². The minimum absolute atomic E-state index is 0.137. The summed E-state index contributed by atoms with van der Waals surface area (Å²) in [7, 11) is 0. The van der Waals surface area contributed by atoms with Crippen LogP contribution in [-0.4, -0.2) is 68.1 Å². The van der Waals surface area contributed by atoms with Crippen LogP contribution in [0.4, 0.5) is 28.9 Å². The smallest absolute Gasteiger partial charge is 0.265 e. The van der Waals surface area contributed by atoms with Crippen molar-refractivity contribution in [2.24, 2.45) is 5.73 Å². The molecule has 1 atom stereocenters. The highest BCUT2D eigenvalue weighted by Gasteiger charge is 2.36. The van der Waals surface area contributed by atoms with Crippen molar-refractivity contribution in [1.29, 1.82) is 0 Å². The Hall–Kier alpha value is -2.24. The van der Waals surface area contributed by atoms with Gasteiger partial charge in [0.2, 0.25) is 5.91 Å². The molecule has 2 fully saturated rings. The van der Waals surface area contributed by atoms with Crippen LogP contribution in [0.15, 0.2) is 18.2 Å². The standard InChI is InChI=1S/C20H26F4N4O3/c21-17(22)10-28(12-2-1-3-12)16(9-25)20(30)26-15-5-4-13(8-14(15)19(23)24)27-6-7-31-11-18(27)29/h4-5,8,12,16-17,19H,1-3,6-7,9-11,25H2,(H,26,30)/t16-/m0/s1. The summed E-state index contributed by atoms with van der Waals surface area (Å²) in [6.07, 6.45) is -3.33. The summed E-state index contributed by atoms with van der Waals surface area (Å²) >= 11 is 0. The van der Waals surface area contributed by atoms with Crippen LogP contribution in [0.25, 0.3) is 0 Å². The van der Waals surface area contributed by atoms with E-state index in [1.165, 1.54) is 21.9 Å². The number of nitrogens with one attached hydrogen (secondary N) is 1. The first kappa shape index (κ1) is 23.4. The summed E-state index contributed by atoms with van der Waals surface area (Å²) in [5.41, 5.74) is 5.36. The molecular weight excluding hydrogens is 420 g/mol. The zero-order valence-electron chi connectivity index (χ0n) is 16.9. The lowest BCUT2D eigenvalue weighted by molar-refractivity contribution is -0.126. The maximum atomic E-state index is 13.7. The molecule has 1 aliphatic carbocycles. The Morgan fingerprint density at radius 2 is 2.03 bits per heavy atom. The van der Waals surface area contributed by atoms with Crippen LogP contribution in [0.3, 0.4) is 0 Å². The average Bonchev–Trinajstić information content (AvgIpc) is 2.67. The highest BCUT2D eigenvalue weighted by Crippen LogP contribution is 2.33. The molecule has 1 aromatic carbocycles. The van der Waals surface area contributed by atoms with Crippen LogP contribution in [0.1, 0.15) is 31.3 Å². The molecule has 3 rings (SSSR count). The number of rotatable bonds is 9. The predicted octanol–water partition coefficient (Wildman–Crippen LogP) is 2.37. The molecule has 1 aromatic rings. The van der Waals surface area contributed by atoms with Gasteiger partial charge in [0.25, 0.3) is 18.8 Å². The van der Waals surface area contributed by atoms with Gasteiger partial charge in [0.15, 0.2) is 0 Å². The minimum Gasteiger partial charge on any atom is -0.370 e. The van der Waals surface area contributed by atoms with Crippen molar-refractivity contribution in [2.75, 3.05) is 43.1 Å². The molecule has 0 radical (unpaired) electrons. The van der Waals surface area contributed by atoms with Gasteiger partial charge in [0.1, 0.15) is 12.6 Å². The predicted molar refractivity (Wildman–Crippen MR) is 106 cm³/mol. The summed E-state index contributed by atoms with van der Waals surface area (Å²) in [4.78, 5) is 27.5. The van der Waals surface area contributed by atoms with E-state index in [1.54, 1.807) is 0 Å². The Morgan fingerprint density at radius 1 is 1.29 bits per heavy atom. The molecular formula is C20H26F4N4O3. The number of benzene rings is 1. The number of alkyl halides is 4. The Morgan fingerprint density at radius 3 is 2.58 bits per heavy atom. The number of hydrogen-bond donors (Lipinski definition) is 2.